The van der Waals surface area contributed by atoms with E-state index in [9.17, 15) is 27.9 Å². The average Bonchev–Trinajstić information content (AvgIpc) is 2.91. The van der Waals surface area contributed by atoms with E-state index in [0.29, 0.717) is 11.1 Å². The Labute approximate surface area is 232 Å². The molecule has 4 rings (SSSR count). The van der Waals surface area contributed by atoms with Crippen LogP contribution in [0.15, 0.2) is 54.6 Å². The smallest absolute Gasteiger partial charge is 0.422 e. The van der Waals surface area contributed by atoms with Crippen molar-refractivity contribution in [2.45, 2.75) is 31.5 Å². The van der Waals surface area contributed by atoms with Gasteiger partial charge in [0.2, 0.25) is 0 Å². The highest BCUT2D eigenvalue weighted by Crippen LogP contribution is 2.51. The van der Waals surface area contributed by atoms with Crippen LogP contribution in [0, 0.1) is 0 Å². The van der Waals surface area contributed by atoms with Crippen molar-refractivity contribution >= 4 is 40.8 Å². The van der Waals surface area contributed by atoms with Gasteiger partial charge in [-0.1, -0.05) is 54.4 Å². The van der Waals surface area contributed by atoms with Crippen LogP contribution in [0.25, 0.3) is 11.1 Å². The summed E-state index contributed by atoms with van der Waals surface area (Å²) in [7, 11) is 1.22. The van der Waals surface area contributed by atoms with Gasteiger partial charge in [0.25, 0.3) is 5.91 Å². The van der Waals surface area contributed by atoms with Gasteiger partial charge in [-0.25, -0.2) is 4.79 Å². The molecule has 0 spiro atoms. The van der Waals surface area contributed by atoms with E-state index in [1.165, 1.54) is 55.3 Å². The zero-order chi connectivity index (χ0) is 28.7. The van der Waals surface area contributed by atoms with Crippen LogP contribution < -0.4 is 9.64 Å². The first-order valence-electron chi connectivity index (χ1n) is 11.9. The number of hydrogen-bond donors (Lipinski definition) is 1. The number of alkyl halides is 3. The number of amides is 1. The molecule has 206 valence electrons. The topological polar surface area (TPSA) is 76.1 Å². The molecule has 1 aliphatic rings. The van der Waals surface area contributed by atoms with E-state index in [2.05, 4.69) is 0 Å². The van der Waals surface area contributed by atoms with Gasteiger partial charge in [0.15, 0.2) is 12.2 Å². The maximum absolute atomic E-state index is 14.6. The van der Waals surface area contributed by atoms with Gasteiger partial charge >= 0.3 is 12.1 Å². The van der Waals surface area contributed by atoms with Crippen molar-refractivity contribution in [3.63, 3.8) is 0 Å². The number of aliphatic hydroxyl groups is 1. The fourth-order valence-corrected chi connectivity index (χ4v) is 5.24. The minimum absolute atomic E-state index is 0.0242. The Hall–Kier alpha value is -3.27. The quantitative estimate of drug-likeness (QED) is 0.326. The van der Waals surface area contributed by atoms with Crippen LogP contribution in [0.1, 0.15) is 41.3 Å². The zero-order valence-corrected chi connectivity index (χ0v) is 22.6. The molecular formula is C28H24Cl2F3NO5. The van der Waals surface area contributed by atoms with Crippen LogP contribution in [0.2, 0.25) is 10.0 Å². The summed E-state index contributed by atoms with van der Waals surface area (Å²) >= 11 is 12.6. The highest BCUT2D eigenvalue weighted by atomic mass is 35.5. The number of benzene rings is 3. The SMILES string of the molecule is CCN1C(=O)COc2ccc(C(O)(C(C)c3ccc(-c4ccc(Cl)c(C(=O)OC)c4)cc3Cl)C(F)(F)F)cc21. The number of fused-ring (bicyclic) bond motifs is 1. The summed E-state index contributed by atoms with van der Waals surface area (Å²) in [5.41, 5.74) is -2.47. The van der Waals surface area contributed by atoms with Crippen LogP contribution in [0.4, 0.5) is 18.9 Å². The molecule has 3 aromatic carbocycles. The normalized spacial score (nSPS) is 15.7. The van der Waals surface area contributed by atoms with Gasteiger partial charge in [0, 0.05) is 17.5 Å². The average molecular weight is 582 g/mol. The first kappa shape index (κ1) is 28.7. The molecule has 0 saturated carbocycles. The third kappa shape index (κ3) is 5.06. The molecule has 11 heteroatoms. The van der Waals surface area contributed by atoms with Crippen LogP contribution in [0.3, 0.4) is 0 Å². The molecule has 2 atom stereocenters. The number of ether oxygens (including phenoxy) is 2. The second kappa shape index (κ2) is 10.7. The van der Waals surface area contributed by atoms with E-state index in [1.807, 2.05) is 0 Å². The number of carbonyl (C=O) groups is 2. The van der Waals surface area contributed by atoms with Gasteiger partial charge in [-0.05, 0) is 59.5 Å². The lowest BCUT2D eigenvalue weighted by atomic mass is 9.77. The van der Waals surface area contributed by atoms with Crippen molar-refractivity contribution < 1.29 is 37.3 Å². The summed E-state index contributed by atoms with van der Waals surface area (Å²) in [4.78, 5) is 25.6. The lowest BCUT2D eigenvalue weighted by molar-refractivity contribution is -0.274. The first-order chi connectivity index (χ1) is 18.3. The van der Waals surface area contributed by atoms with Crippen molar-refractivity contribution in [2.75, 3.05) is 25.2 Å². The van der Waals surface area contributed by atoms with E-state index in [4.69, 9.17) is 32.7 Å². The molecule has 6 nitrogen and oxygen atoms in total. The van der Waals surface area contributed by atoms with Gasteiger partial charge < -0.3 is 19.5 Å². The molecule has 3 aromatic rings. The van der Waals surface area contributed by atoms with E-state index in [0.717, 1.165) is 12.1 Å². The van der Waals surface area contributed by atoms with Crippen molar-refractivity contribution in [2.24, 2.45) is 0 Å². The summed E-state index contributed by atoms with van der Waals surface area (Å²) in [5.74, 6) is -2.36. The zero-order valence-electron chi connectivity index (χ0n) is 21.1. The molecule has 0 aromatic heterocycles. The van der Waals surface area contributed by atoms with Crippen molar-refractivity contribution in [3.8, 4) is 16.9 Å². The summed E-state index contributed by atoms with van der Waals surface area (Å²) in [6, 6.07) is 12.6. The Morgan fingerprint density at radius 1 is 1.08 bits per heavy atom. The Balaban J connectivity index is 1.77. The van der Waals surface area contributed by atoms with Crippen LogP contribution >= 0.6 is 23.2 Å². The molecule has 1 aliphatic heterocycles. The van der Waals surface area contributed by atoms with Crippen LogP contribution in [0.5, 0.6) is 5.75 Å². The van der Waals surface area contributed by atoms with Gasteiger partial charge in [0.05, 0.1) is 23.4 Å². The van der Waals surface area contributed by atoms with Crippen molar-refractivity contribution in [3.05, 3.63) is 81.3 Å². The second-order valence-corrected chi connectivity index (χ2v) is 9.83. The second-order valence-electron chi connectivity index (χ2n) is 9.02. The molecule has 0 fully saturated rings. The Kier molecular flexibility index (Phi) is 7.89. The Bertz CT molecular complexity index is 1450. The monoisotopic (exact) mass is 581 g/mol. The third-order valence-corrected chi connectivity index (χ3v) is 7.55. The lowest BCUT2D eigenvalue weighted by Crippen LogP contribution is -2.47. The molecule has 1 amide bonds. The minimum Gasteiger partial charge on any atom is -0.482 e. The number of carbonyl (C=O) groups excluding carboxylic acids is 2. The summed E-state index contributed by atoms with van der Waals surface area (Å²) in [5, 5.41) is 11.5. The molecule has 0 bridgehead atoms. The van der Waals surface area contributed by atoms with Gasteiger partial charge in [-0.15, -0.1) is 0 Å². The highest BCUT2D eigenvalue weighted by molar-refractivity contribution is 6.33. The predicted molar refractivity (Wildman–Crippen MR) is 142 cm³/mol. The lowest BCUT2D eigenvalue weighted by Gasteiger charge is -2.38. The predicted octanol–water partition coefficient (Wildman–Crippen LogP) is 6.75. The largest absolute Gasteiger partial charge is 0.482 e. The number of hydrogen-bond acceptors (Lipinski definition) is 5. The summed E-state index contributed by atoms with van der Waals surface area (Å²) < 4.78 is 54.0. The van der Waals surface area contributed by atoms with E-state index < -0.39 is 35.1 Å². The molecule has 2 unspecified atom stereocenters. The third-order valence-electron chi connectivity index (χ3n) is 6.89. The highest BCUT2D eigenvalue weighted by Gasteiger charge is 2.59. The number of methoxy groups -OCH3 is 1. The first-order valence-corrected chi connectivity index (χ1v) is 12.6. The fraction of sp³-hybridized carbons (Fsp3) is 0.286. The number of esters is 1. The van der Waals surface area contributed by atoms with Gasteiger partial charge in [-0.2, -0.15) is 13.2 Å². The summed E-state index contributed by atoms with van der Waals surface area (Å²) in [6.07, 6.45) is -5.11. The van der Waals surface area contributed by atoms with E-state index in [-0.39, 0.29) is 45.8 Å². The minimum atomic E-state index is -5.11. The molecule has 0 saturated heterocycles. The van der Waals surface area contributed by atoms with E-state index >= 15 is 0 Å². The van der Waals surface area contributed by atoms with Gasteiger partial charge in [-0.3, -0.25) is 4.79 Å². The molecule has 1 heterocycles. The molecular weight excluding hydrogens is 558 g/mol. The standard InChI is InChI=1S/C28H24Cl2F3NO5/c1-4-34-23-13-18(7-10-24(23)39-14-25(34)35)27(37,28(31,32)33)15(2)19-8-5-17(12-22(19)30)16-6-9-21(29)20(11-16)26(36)38-3/h5-13,15,37H,4,14H2,1-3H3. The van der Waals surface area contributed by atoms with Crippen LogP contribution in [-0.4, -0.2) is 43.4 Å². The maximum atomic E-state index is 14.6. The summed E-state index contributed by atoms with van der Waals surface area (Å²) in [6.45, 7) is 2.91. The van der Waals surface area contributed by atoms with E-state index in [1.54, 1.807) is 13.0 Å². The molecule has 39 heavy (non-hydrogen) atoms. The molecule has 0 radical (unpaired) electrons. The fourth-order valence-electron chi connectivity index (χ4n) is 4.70. The number of likely N-dealkylation sites (N-methyl/N-ethyl adjacent to an activating group) is 1. The van der Waals surface area contributed by atoms with Crippen molar-refractivity contribution in [1.29, 1.82) is 0 Å². The number of rotatable bonds is 6. The van der Waals surface area contributed by atoms with Crippen molar-refractivity contribution in [1.82, 2.24) is 0 Å². The maximum Gasteiger partial charge on any atom is 0.422 e. The Morgan fingerprint density at radius 2 is 1.74 bits per heavy atom. The molecule has 0 aliphatic carbocycles. The van der Waals surface area contributed by atoms with Gasteiger partial charge in [0.1, 0.15) is 5.75 Å². The Morgan fingerprint density at radius 3 is 2.36 bits per heavy atom. The number of halogens is 5. The number of anilines is 1. The molecule has 1 N–H and O–H groups in total. The van der Waals surface area contributed by atoms with Crippen LogP contribution in [-0.2, 0) is 15.1 Å². The number of nitrogens with zero attached hydrogens (tertiary/aromatic N) is 1.